The number of nitrogens with zero attached hydrogens (tertiary/aromatic N) is 1. The molecular weight excluding hydrogens is 310 g/mol. The molecular formula is C18H25NO5. The molecule has 6 nitrogen and oxygen atoms in total. The minimum absolute atomic E-state index is 0.0222. The van der Waals surface area contributed by atoms with Crippen molar-refractivity contribution in [3.8, 4) is 5.75 Å². The third kappa shape index (κ3) is 5.53. The van der Waals surface area contributed by atoms with Crippen molar-refractivity contribution in [1.82, 2.24) is 4.90 Å². The van der Waals surface area contributed by atoms with Crippen molar-refractivity contribution in [2.24, 2.45) is 0 Å². The smallest absolute Gasteiger partial charge is 0.334 e. The number of hydrogen-bond donors (Lipinski definition) is 1. The quantitative estimate of drug-likeness (QED) is 0.736. The highest BCUT2D eigenvalue weighted by atomic mass is 16.5. The molecule has 0 unspecified atom stereocenters. The molecule has 0 aromatic heterocycles. The van der Waals surface area contributed by atoms with Gasteiger partial charge in [0.05, 0.1) is 20.3 Å². The molecule has 24 heavy (non-hydrogen) atoms. The number of unbranched alkanes of at least 4 members (excludes halogenated alkanes) is 2. The van der Waals surface area contributed by atoms with E-state index in [1.54, 1.807) is 12.0 Å². The Morgan fingerprint density at radius 3 is 2.67 bits per heavy atom. The van der Waals surface area contributed by atoms with Crippen LogP contribution in [0.4, 0.5) is 0 Å². The molecule has 0 bridgehead atoms. The lowest BCUT2D eigenvalue weighted by molar-refractivity contribution is -0.159. The van der Waals surface area contributed by atoms with Crippen LogP contribution in [0.25, 0.3) is 0 Å². The average molecular weight is 335 g/mol. The Morgan fingerprint density at radius 1 is 1.25 bits per heavy atom. The molecule has 1 saturated heterocycles. The summed E-state index contributed by atoms with van der Waals surface area (Å²) in [6, 6.07) is 8.03. The fourth-order valence-electron chi connectivity index (χ4n) is 2.76. The fraction of sp³-hybridized carbons (Fsp3) is 0.556. The second kappa shape index (κ2) is 9.27. The van der Waals surface area contributed by atoms with Crippen LogP contribution in [0.2, 0.25) is 0 Å². The zero-order chi connectivity index (χ0) is 17.4. The molecule has 132 valence electrons. The first-order valence-electron chi connectivity index (χ1n) is 8.35. The number of morpholine rings is 1. The van der Waals surface area contributed by atoms with E-state index in [2.05, 4.69) is 12.1 Å². The molecule has 1 atom stereocenters. The van der Waals surface area contributed by atoms with Gasteiger partial charge < -0.3 is 19.5 Å². The Labute approximate surface area is 142 Å². The predicted octanol–water partition coefficient (Wildman–Crippen LogP) is 2.11. The lowest BCUT2D eigenvalue weighted by atomic mass is 10.1. The number of aryl methyl sites for hydroxylation is 1. The Morgan fingerprint density at radius 2 is 2.00 bits per heavy atom. The predicted molar refractivity (Wildman–Crippen MR) is 89.1 cm³/mol. The molecule has 1 amide bonds. The van der Waals surface area contributed by atoms with E-state index >= 15 is 0 Å². The largest absolute Gasteiger partial charge is 0.497 e. The number of ether oxygens (including phenoxy) is 2. The van der Waals surface area contributed by atoms with Gasteiger partial charge in [-0.05, 0) is 37.0 Å². The van der Waals surface area contributed by atoms with Gasteiger partial charge in [-0.3, -0.25) is 4.79 Å². The van der Waals surface area contributed by atoms with Gasteiger partial charge in [-0.15, -0.1) is 0 Å². The van der Waals surface area contributed by atoms with Gasteiger partial charge in [-0.25, -0.2) is 4.79 Å². The van der Waals surface area contributed by atoms with Gasteiger partial charge >= 0.3 is 5.97 Å². The maximum atomic E-state index is 12.1. The summed E-state index contributed by atoms with van der Waals surface area (Å²) in [6.07, 6.45) is 3.39. The van der Waals surface area contributed by atoms with E-state index in [1.165, 1.54) is 5.56 Å². The van der Waals surface area contributed by atoms with Crippen molar-refractivity contribution >= 4 is 11.9 Å². The van der Waals surface area contributed by atoms with E-state index in [0.29, 0.717) is 19.6 Å². The van der Waals surface area contributed by atoms with Crippen LogP contribution in [0.15, 0.2) is 24.3 Å². The number of carboxylic acid groups (broad SMARTS) is 1. The van der Waals surface area contributed by atoms with E-state index in [0.717, 1.165) is 31.4 Å². The van der Waals surface area contributed by atoms with Gasteiger partial charge in [0.2, 0.25) is 5.91 Å². The summed E-state index contributed by atoms with van der Waals surface area (Å²) in [7, 11) is 1.65. The van der Waals surface area contributed by atoms with Crippen LogP contribution in [0.3, 0.4) is 0 Å². The molecule has 2 rings (SSSR count). The van der Waals surface area contributed by atoms with Crippen LogP contribution in [-0.2, 0) is 20.7 Å². The Hall–Kier alpha value is -2.08. The van der Waals surface area contributed by atoms with Crippen LogP contribution in [-0.4, -0.2) is 54.8 Å². The molecule has 1 N–H and O–H groups in total. The second-order valence-electron chi connectivity index (χ2n) is 5.95. The molecule has 1 aliphatic heterocycles. The first-order valence-corrected chi connectivity index (χ1v) is 8.35. The van der Waals surface area contributed by atoms with E-state index in [-0.39, 0.29) is 12.5 Å². The van der Waals surface area contributed by atoms with Crippen LogP contribution in [0.1, 0.15) is 31.2 Å². The third-order valence-corrected chi connectivity index (χ3v) is 4.21. The van der Waals surface area contributed by atoms with E-state index < -0.39 is 12.1 Å². The SMILES string of the molecule is COc1ccc(CCCCCC(=O)N2CCO[C@@H](C(=O)O)C2)cc1. The van der Waals surface area contributed by atoms with Gasteiger partial charge in [0.25, 0.3) is 0 Å². The van der Waals surface area contributed by atoms with Gasteiger partial charge in [0.15, 0.2) is 6.10 Å². The number of benzene rings is 1. The first-order chi connectivity index (χ1) is 11.6. The molecule has 1 fully saturated rings. The first kappa shape index (κ1) is 18.3. The zero-order valence-corrected chi connectivity index (χ0v) is 14.1. The van der Waals surface area contributed by atoms with Crippen LogP contribution < -0.4 is 4.74 Å². The van der Waals surface area contributed by atoms with E-state index in [4.69, 9.17) is 14.6 Å². The number of carbonyl (C=O) groups is 2. The highest BCUT2D eigenvalue weighted by Gasteiger charge is 2.28. The van der Waals surface area contributed by atoms with Crippen LogP contribution in [0.5, 0.6) is 5.75 Å². The molecule has 1 aromatic rings. The molecule has 1 heterocycles. The number of carboxylic acids is 1. The summed E-state index contributed by atoms with van der Waals surface area (Å²) in [5.74, 6) is -0.129. The Kier molecular flexibility index (Phi) is 7.06. The standard InChI is InChI=1S/C18H25NO5/c1-23-15-9-7-14(8-10-15)5-3-2-4-6-17(20)19-11-12-24-16(13-19)18(21)22/h7-10,16H,2-6,11-13H2,1H3,(H,21,22)/t16-/m1/s1. The van der Waals surface area contributed by atoms with Crippen molar-refractivity contribution in [2.45, 2.75) is 38.2 Å². The molecule has 0 spiro atoms. The zero-order valence-electron chi connectivity index (χ0n) is 14.1. The Bertz CT molecular complexity index is 543. The number of rotatable bonds is 8. The summed E-state index contributed by atoms with van der Waals surface area (Å²) in [6.45, 7) is 0.925. The summed E-state index contributed by atoms with van der Waals surface area (Å²) in [4.78, 5) is 24.7. The van der Waals surface area contributed by atoms with Crippen molar-refractivity contribution in [2.75, 3.05) is 26.8 Å². The van der Waals surface area contributed by atoms with Gasteiger partial charge in [0.1, 0.15) is 5.75 Å². The van der Waals surface area contributed by atoms with Crippen LogP contribution in [0, 0.1) is 0 Å². The minimum atomic E-state index is -1.01. The van der Waals surface area contributed by atoms with E-state index in [1.807, 2.05) is 12.1 Å². The lowest BCUT2D eigenvalue weighted by Gasteiger charge is -2.30. The van der Waals surface area contributed by atoms with Gasteiger partial charge in [0, 0.05) is 13.0 Å². The number of amides is 1. The van der Waals surface area contributed by atoms with Crippen molar-refractivity contribution in [3.63, 3.8) is 0 Å². The van der Waals surface area contributed by atoms with Crippen molar-refractivity contribution in [3.05, 3.63) is 29.8 Å². The summed E-state index contributed by atoms with van der Waals surface area (Å²) < 4.78 is 10.3. The monoisotopic (exact) mass is 335 g/mol. The summed E-state index contributed by atoms with van der Waals surface area (Å²) >= 11 is 0. The maximum absolute atomic E-state index is 12.1. The minimum Gasteiger partial charge on any atom is -0.497 e. The second-order valence-corrected chi connectivity index (χ2v) is 5.95. The molecule has 0 saturated carbocycles. The third-order valence-electron chi connectivity index (χ3n) is 4.21. The van der Waals surface area contributed by atoms with E-state index in [9.17, 15) is 9.59 Å². The fourth-order valence-corrected chi connectivity index (χ4v) is 2.76. The summed E-state index contributed by atoms with van der Waals surface area (Å²) in [5, 5.41) is 8.95. The summed E-state index contributed by atoms with van der Waals surface area (Å²) in [5.41, 5.74) is 1.26. The normalized spacial score (nSPS) is 17.5. The number of methoxy groups -OCH3 is 1. The Balaban J connectivity index is 1.62. The van der Waals surface area contributed by atoms with Crippen molar-refractivity contribution < 1.29 is 24.2 Å². The number of carbonyl (C=O) groups excluding carboxylic acids is 1. The van der Waals surface area contributed by atoms with Crippen LogP contribution >= 0.6 is 0 Å². The molecule has 0 aliphatic carbocycles. The molecule has 1 aromatic carbocycles. The lowest BCUT2D eigenvalue weighted by Crippen LogP contribution is -2.48. The molecule has 0 radical (unpaired) electrons. The highest BCUT2D eigenvalue weighted by Crippen LogP contribution is 2.15. The highest BCUT2D eigenvalue weighted by molar-refractivity contribution is 5.78. The molecule has 1 aliphatic rings. The van der Waals surface area contributed by atoms with Gasteiger partial charge in [-0.2, -0.15) is 0 Å². The topological polar surface area (TPSA) is 76.1 Å². The number of hydrogen-bond acceptors (Lipinski definition) is 4. The van der Waals surface area contributed by atoms with Crippen molar-refractivity contribution in [1.29, 1.82) is 0 Å². The molecule has 6 heteroatoms. The maximum Gasteiger partial charge on any atom is 0.334 e. The van der Waals surface area contributed by atoms with Gasteiger partial charge in [-0.1, -0.05) is 18.6 Å². The number of aliphatic carboxylic acids is 1. The average Bonchev–Trinajstić information content (AvgIpc) is 2.62.